The summed E-state index contributed by atoms with van der Waals surface area (Å²) in [5.41, 5.74) is 0.129. The van der Waals surface area contributed by atoms with Crippen molar-refractivity contribution in [2.75, 3.05) is 13.1 Å². The van der Waals surface area contributed by atoms with Crippen molar-refractivity contribution in [3.63, 3.8) is 0 Å². The molecule has 2 nitrogen and oxygen atoms in total. The van der Waals surface area contributed by atoms with E-state index in [1.807, 2.05) is 12.2 Å². The average molecular weight is 284 g/mol. The zero-order valence-corrected chi connectivity index (χ0v) is 10.2. The number of amides is 1. The molecule has 0 unspecified atom stereocenters. The zero-order chi connectivity index (χ0) is 11.5. The van der Waals surface area contributed by atoms with Gasteiger partial charge in [-0.3, -0.25) is 4.79 Å². The fourth-order valence-electron chi connectivity index (χ4n) is 1.67. The Morgan fingerprint density at radius 1 is 1.38 bits per heavy atom. The predicted octanol–water partition coefficient (Wildman–Crippen LogP) is 2.99. The Morgan fingerprint density at radius 2 is 2.19 bits per heavy atom. The van der Waals surface area contributed by atoms with Crippen molar-refractivity contribution in [2.45, 2.75) is 6.42 Å². The first-order chi connectivity index (χ1) is 7.70. The molecule has 1 heterocycles. The lowest BCUT2D eigenvalue weighted by atomic mass is 10.1. The third-order valence-corrected chi connectivity index (χ3v) is 3.14. The van der Waals surface area contributed by atoms with Crippen LogP contribution >= 0.6 is 15.9 Å². The molecule has 16 heavy (non-hydrogen) atoms. The number of benzene rings is 1. The molecule has 0 radical (unpaired) electrons. The monoisotopic (exact) mass is 283 g/mol. The van der Waals surface area contributed by atoms with Crippen LogP contribution in [0.25, 0.3) is 0 Å². The first kappa shape index (κ1) is 11.3. The van der Waals surface area contributed by atoms with Gasteiger partial charge in [0.2, 0.25) is 0 Å². The maximum absolute atomic E-state index is 13.7. The Balaban J connectivity index is 2.26. The molecule has 0 spiro atoms. The van der Waals surface area contributed by atoms with Crippen molar-refractivity contribution < 1.29 is 9.18 Å². The van der Waals surface area contributed by atoms with Crippen molar-refractivity contribution in [3.05, 3.63) is 46.2 Å². The zero-order valence-electron chi connectivity index (χ0n) is 8.62. The lowest BCUT2D eigenvalue weighted by molar-refractivity contribution is 0.0766. The largest absolute Gasteiger partial charge is 0.335 e. The van der Waals surface area contributed by atoms with E-state index in [1.165, 1.54) is 6.07 Å². The number of halogens is 2. The van der Waals surface area contributed by atoms with Crippen LogP contribution < -0.4 is 0 Å². The first-order valence-corrected chi connectivity index (χ1v) is 5.87. The van der Waals surface area contributed by atoms with Crippen LogP contribution in [0.15, 0.2) is 34.8 Å². The molecule has 0 bridgehead atoms. The molecule has 0 atom stereocenters. The van der Waals surface area contributed by atoms with E-state index in [-0.39, 0.29) is 11.5 Å². The molecule has 0 fully saturated rings. The first-order valence-electron chi connectivity index (χ1n) is 5.08. The van der Waals surface area contributed by atoms with Gasteiger partial charge in [-0.05, 0) is 34.5 Å². The lowest BCUT2D eigenvalue weighted by Crippen LogP contribution is -2.34. The normalized spacial score (nSPS) is 15.2. The highest BCUT2D eigenvalue weighted by Crippen LogP contribution is 2.20. The molecule has 1 aliphatic heterocycles. The number of hydrogen-bond donors (Lipinski definition) is 0. The van der Waals surface area contributed by atoms with E-state index >= 15 is 0 Å². The Morgan fingerprint density at radius 3 is 2.88 bits per heavy atom. The Kier molecular flexibility index (Phi) is 3.39. The van der Waals surface area contributed by atoms with Crippen LogP contribution in [0.4, 0.5) is 4.39 Å². The molecule has 1 aromatic carbocycles. The van der Waals surface area contributed by atoms with Crippen LogP contribution in [-0.4, -0.2) is 23.9 Å². The maximum Gasteiger partial charge on any atom is 0.257 e. The third kappa shape index (κ3) is 2.16. The van der Waals surface area contributed by atoms with Gasteiger partial charge in [-0.15, -0.1) is 0 Å². The van der Waals surface area contributed by atoms with Gasteiger partial charge in [-0.25, -0.2) is 4.39 Å². The summed E-state index contributed by atoms with van der Waals surface area (Å²) in [6.45, 7) is 1.21. The second-order valence-electron chi connectivity index (χ2n) is 3.61. The molecule has 0 aliphatic carbocycles. The van der Waals surface area contributed by atoms with Crippen LogP contribution in [0.3, 0.4) is 0 Å². The van der Waals surface area contributed by atoms with Gasteiger partial charge in [0.25, 0.3) is 5.91 Å². The summed E-state index contributed by atoms with van der Waals surface area (Å²) in [6.07, 6.45) is 4.79. The Labute approximate surface area is 102 Å². The average Bonchev–Trinajstić information content (AvgIpc) is 2.33. The number of rotatable bonds is 1. The molecule has 1 aliphatic rings. The molecule has 1 amide bonds. The topological polar surface area (TPSA) is 20.3 Å². The second-order valence-corrected chi connectivity index (χ2v) is 4.47. The highest BCUT2D eigenvalue weighted by molar-refractivity contribution is 9.10. The van der Waals surface area contributed by atoms with Gasteiger partial charge in [-0.2, -0.15) is 0 Å². The van der Waals surface area contributed by atoms with Crippen LogP contribution in [0, 0.1) is 5.82 Å². The van der Waals surface area contributed by atoms with Gasteiger partial charge in [0.1, 0.15) is 5.82 Å². The van der Waals surface area contributed by atoms with Gasteiger partial charge in [0.15, 0.2) is 0 Å². The number of carbonyl (C=O) groups is 1. The van der Waals surface area contributed by atoms with E-state index in [9.17, 15) is 9.18 Å². The second kappa shape index (κ2) is 4.78. The summed E-state index contributed by atoms with van der Waals surface area (Å²) in [4.78, 5) is 13.6. The van der Waals surface area contributed by atoms with E-state index < -0.39 is 5.82 Å². The van der Waals surface area contributed by atoms with Gasteiger partial charge in [-0.1, -0.05) is 18.2 Å². The Hall–Kier alpha value is -1.16. The molecule has 0 aromatic heterocycles. The van der Waals surface area contributed by atoms with E-state index in [0.717, 1.165) is 6.42 Å². The Bertz CT molecular complexity index is 445. The minimum absolute atomic E-state index is 0.129. The quantitative estimate of drug-likeness (QED) is 0.726. The fraction of sp³-hybridized carbons (Fsp3) is 0.250. The lowest BCUT2D eigenvalue weighted by Gasteiger charge is -2.23. The molecule has 84 valence electrons. The van der Waals surface area contributed by atoms with Crippen molar-refractivity contribution in [2.24, 2.45) is 0 Å². The third-order valence-electron chi connectivity index (χ3n) is 2.53. The molecule has 0 N–H and O–H groups in total. The standard InChI is InChI=1S/C12H11BrFNO/c13-10-6-4-5-9(11(10)14)12(16)15-7-2-1-3-8-15/h1-2,4-6H,3,7-8H2. The number of hydrogen-bond acceptors (Lipinski definition) is 1. The molecule has 1 aromatic rings. The van der Waals surface area contributed by atoms with E-state index in [1.54, 1.807) is 17.0 Å². The predicted molar refractivity (Wildman–Crippen MR) is 63.8 cm³/mol. The van der Waals surface area contributed by atoms with Gasteiger partial charge in [0.05, 0.1) is 10.0 Å². The van der Waals surface area contributed by atoms with E-state index in [4.69, 9.17) is 0 Å². The van der Waals surface area contributed by atoms with Crippen molar-refractivity contribution in [3.8, 4) is 0 Å². The maximum atomic E-state index is 13.7. The summed E-state index contributed by atoms with van der Waals surface area (Å²) in [5.74, 6) is -0.731. The molecule has 0 saturated carbocycles. The van der Waals surface area contributed by atoms with Crippen molar-refractivity contribution in [1.82, 2.24) is 4.90 Å². The summed E-state index contributed by atoms with van der Waals surface area (Å²) in [6, 6.07) is 4.77. The van der Waals surface area contributed by atoms with Crippen molar-refractivity contribution in [1.29, 1.82) is 0 Å². The van der Waals surface area contributed by atoms with Crippen LogP contribution in [-0.2, 0) is 0 Å². The summed E-state index contributed by atoms with van der Waals surface area (Å²) in [5, 5.41) is 0. The van der Waals surface area contributed by atoms with Gasteiger partial charge in [0, 0.05) is 13.1 Å². The van der Waals surface area contributed by atoms with Gasteiger partial charge < -0.3 is 4.90 Å². The summed E-state index contributed by atoms with van der Waals surface area (Å²) >= 11 is 3.08. The highest BCUT2D eigenvalue weighted by atomic mass is 79.9. The number of carbonyl (C=O) groups excluding carboxylic acids is 1. The van der Waals surface area contributed by atoms with E-state index in [0.29, 0.717) is 17.6 Å². The molecular formula is C12H11BrFNO. The SMILES string of the molecule is O=C(c1cccc(Br)c1F)N1CC=CCC1. The van der Waals surface area contributed by atoms with Crippen LogP contribution in [0.2, 0.25) is 0 Å². The van der Waals surface area contributed by atoms with Crippen LogP contribution in [0.1, 0.15) is 16.8 Å². The molecule has 2 rings (SSSR count). The summed E-state index contributed by atoms with van der Waals surface area (Å²) < 4.78 is 14.0. The summed E-state index contributed by atoms with van der Waals surface area (Å²) in [7, 11) is 0. The van der Waals surface area contributed by atoms with Crippen LogP contribution in [0.5, 0.6) is 0 Å². The van der Waals surface area contributed by atoms with Gasteiger partial charge >= 0.3 is 0 Å². The smallest absolute Gasteiger partial charge is 0.257 e. The van der Waals surface area contributed by atoms with E-state index in [2.05, 4.69) is 15.9 Å². The highest BCUT2D eigenvalue weighted by Gasteiger charge is 2.20. The van der Waals surface area contributed by atoms with Crippen molar-refractivity contribution >= 4 is 21.8 Å². The molecule has 0 saturated heterocycles. The fourth-order valence-corrected chi connectivity index (χ4v) is 2.03. The minimum Gasteiger partial charge on any atom is -0.335 e. The molecule has 4 heteroatoms. The number of nitrogens with zero attached hydrogens (tertiary/aromatic N) is 1. The molecular weight excluding hydrogens is 273 g/mol. The minimum atomic E-state index is -0.484.